The highest BCUT2D eigenvalue weighted by Gasteiger charge is 2.39. The molecule has 10 heteroatoms. The van der Waals surface area contributed by atoms with Crippen LogP contribution in [0.1, 0.15) is 34.3 Å². The van der Waals surface area contributed by atoms with Gasteiger partial charge in [-0.2, -0.15) is 4.98 Å². The number of imide groups is 1. The van der Waals surface area contributed by atoms with Crippen LogP contribution in [0.15, 0.2) is 54.7 Å². The van der Waals surface area contributed by atoms with Crippen molar-refractivity contribution in [3.8, 4) is 0 Å². The number of carbonyl (C=O) groups excluding carboxylic acids is 3. The number of rotatable bonds is 5. The highest BCUT2D eigenvalue weighted by atomic mass is 16.2. The van der Waals surface area contributed by atoms with Gasteiger partial charge in [-0.15, -0.1) is 0 Å². The van der Waals surface area contributed by atoms with Gasteiger partial charge in [0.25, 0.3) is 5.91 Å². The Morgan fingerprint density at radius 2 is 1.76 bits per heavy atom. The molecule has 3 amide bonds. The van der Waals surface area contributed by atoms with Crippen LogP contribution in [0, 0.1) is 6.92 Å². The predicted molar refractivity (Wildman–Crippen MR) is 143 cm³/mol. The number of carbonyl (C=O) groups is 3. The molecule has 3 aliphatic heterocycles. The summed E-state index contributed by atoms with van der Waals surface area (Å²) in [7, 11) is 0. The van der Waals surface area contributed by atoms with Gasteiger partial charge in [-0.25, -0.2) is 4.98 Å². The van der Waals surface area contributed by atoms with Crippen LogP contribution in [0.4, 0.5) is 23.1 Å². The zero-order valence-corrected chi connectivity index (χ0v) is 21.2. The van der Waals surface area contributed by atoms with Gasteiger partial charge in [0.2, 0.25) is 17.8 Å². The van der Waals surface area contributed by atoms with Crippen LogP contribution in [0.5, 0.6) is 0 Å². The Kier molecular flexibility index (Phi) is 6.15. The average Bonchev–Trinajstić information content (AvgIpc) is 3.26. The molecule has 2 fully saturated rings. The third-order valence-electron chi connectivity index (χ3n) is 7.42. The van der Waals surface area contributed by atoms with Gasteiger partial charge in [0, 0.05) is 67.8 Å². The molecule has 6 rings (SSSR count). The third-order valence-corrected chi connectivity index (χ3v) is 7.42. The van der Waals surface area contributed by atoms with E-state index in [1.807, 2.05) is 12.1 Å². The maximum Gasteiger partial charge on any atom is 0.255 e. The molecule has 3 aromatic rings. The minimum Gasteiger partial charge on any atom is -0.368 e. The summed E-state index contributed by atoms with van der Waals surface area (Å²) >= 11 is 0. The molecule has 0 spiro atoms. The van der Waals surface area contributed by atoms with E-state index < -0.39 is 11.9 Å². The molecule has 0 aliphatic carbocycles. The van der Waals surface area contributed by atoms with Crippen molar-refractivity contribution in [2.75, 3.05) is 41.3 Å². The number of hydrogen-bond donors (Lipinski definition) is 2. The van der Waals surface area contributed by atoms with Crippen LogP contribution in [-0.4, -0.2) is 64.8 Å². The maximum atomic E-state index is 13.1. The Balaban J connectivity index is 1.15. The number of piperazine rings is 1. The molecule has 0 bridgehead atoms. The van der Waals surface area contributed by atoms with E-state index in [2.05, 4.69) is 56.6 Å². The average molecular weight is 512 g/mol. The molecule has 2 N–H and O–H groups in total. The van der Waals surface area contributed by atoms with Crippen LogP contribution in [0.25, 0.3) is 0 Å². The number of benzene rings is 2. The largest absolute Gasteiger partial charge is 0.368 e. The van der Waals surface area contributed by atoms with E-state index in [0.29, 0.717) is 30.3 Å². The fourth-order valence-electron chi connectivity index (χ4n) is 5.40. The summed E-state index contributed by atoms with van der Waals surface area (Å²) in [4.78, 5) is 52.5. The Hall–Kier alpha value is -4.47. The molecule has 3 aliphatic rings. The number of amides is 3. The summed E-state index contributed by atoms with van der Waals surface area (Å²) in [5.41, 5.74) is 4.62. The Labute approximate surface area is 220 Å². The molecule has 2 saturated heterocycles. The maximum absolute atomic E-state index is 13.1. The normalized spacial score (nSPS) is 19.4. The lowest BCUT2D eigenvalue weighted by Crippen LogP contribution is -2.52. The van der Waals surface area contributed by atoms with Crippen molar-refractivity contribution in [1.82, 2.24) is 20.2 Å². The molecule has 1 aromatic heterocycles. The van der Waals surface area contributed by atoms with Crippen molar-refractivity contribution >= 4 is 40.9 Å². The molecule has 1 atom stereocenters. The summed E-state index contributed by atoms with van der Waals surface area (Å²) in [5.74, 6) is 0.380. The van der Waals surface area contributed by atoms with Crippen molar-refractivity contribution in [2.45, 2.75) is 32.4 Å². The van der Waals surface area contributed by atoms with Gasteiger partial charge >= 0.3 is 0 Å². The molecule has 38 heavy (non-hydrogen) atoms. The summed E-state index contributed by atoms with van der Waals surface area (Å²) < 4.78 is 0. The summed E-state index contributed by atoms with van der Waals surface area (Å²) in [6.07, 6.45) is 2.30. The van der Waals surface area contributed by atoms with E-state index in [-0.39, 0.29) is 18.2 Å². The standard InChI is InChI=1S/C28H29N7O3/c1-18-4-2-5-19(16-18)33-12-14-34(15-13-33)28-29-11-10-24(31-28)30-22-7-3-6-20-21(22)17-35(27(20)38)23-8-9-25(36)32-26(23)37/h2-7,10-11,16,23H,8-9,12-15,17H2,1H3,(H,29,30,31)(H,32,36,37). The molecule has 1 unspecified atom stereocenters. The van der Waals surface area contributed by atoms with Gasteiger partial charge < -0.3 is 20.0 Å². The smallest absolute Gasteiger partial charge is 0.255 e. The fraction of sp³-hybridized carbons (Fsp3) is 0.321. The van der Waals surface area contributed by atoms with Crippen LogP contribution < -0.4 is 20.4 Å². The lowest BCUT2D eigenvalue weighted by atomic mass is 10.0. The van der Waals surface area contributed by atoms with Crippen molar-refractivity contribution in [3.63, 3.8) is 0 Å². The Morgan fingerprint density at radius 1 is 0.974 bits per heavy atom. The van der Waals surface area contributed by atoms with E-state index in [9.17, 15) is 14.4 Å². The highest BCUT2D eigenvalue weighted by Crippen LogP contribution is 2.33. The summed E-state index contributed by atoms with van der Waals surface area (Å²) in [5, 5.41) is 5.71. The number of aryl methyl sites for hydroxylation is 1. The van der Waals surface area contributed by atoms with Gasteiger partial charge in [-0.05, 0) is 49.2 Å². The first-order chi connectivity index (χ1) is 18.5. The zero-order chi connectivity index (χ0) is 26.2. The molecular formula is C28H29N7O3. The molecule has 194 valence electrons. The number of aromatic nitrogens is 2. The van der Waals surface area contributed by atoms with Crippen LogP contribution in [-0.2, 0) is 16.1 Å². The number of anilines is 4. The molecule has 0 saturated carbocycles. The number of hydrogen-bond acceptors (Lipinski definition) is 8. The monoisotopic (exact) mass is 511 g/mol. The number of nitrogens with zero attached hydrogens (tertiary/aromatic N) is 5. The van der Waals surface area contributed by atoms with Gasteiger partial charge in [0.1, 0.15) is 11.9 Å². The lowest BCUT2D eigenvalue weighted by Gasteiger charge is -2.36. The van der Waals surface area contributed by atoms with Crippen molar-refractivity contribution in [2.24, 2.45) is 0 Å². The SMILES string of the molecule is Cc1cccc(N2CCN(c3nccc(Nc4cccc5c4CN(C4CCC(=O)NC4=O)C5=O)n3)CC2)c1. The third kappa shape index (κ3) is 4.53. The Bertz CT molecular complexity index is 1420. The van der Waals surface area contributed by atoms with Crippen molar-refractivity contribution in [1.29, 1.82) is 0 Å². The molecule has 2 aromatic carbocycles. The minimum atomic E-state index is -0.649. The number of fused-ring (bicyclic) bond motifs is 1. The highest BCUT2D eigenvalue weighted by molar-refractivity contribution is 6.06. The van der Waals surface area contributed by atoms with E-state index in [0.717, 1.165) is 37.4 Å². The van der Waals surface area contributed by atoms with Gasteiger partial charge in [-0.3, -0.25) is 19.7 Å². The lowest BCUT2D eigenvalue weighted by molar-refractivity contribution is -0.136. The summed E-state index contributed by atoms with van der Waals surface area (Å²) in [6, 6.07) is 15.2. The number of piperidine rings is 1. The van der Waals surface area contributed by atoms with E-state index >= 15 is 0 Å². The van der Waals surface area contributed by atoms with Crippen molar-refractivity contribution < 1.29 is 14.4 Å². The van der Waals surface area contributed by atoms with Gasteiger partial charge in [0.15, 0.2) is 0 Å². The second-order valence-corrected chi connectivity index (χ2v) is 9.91. The number of nitrogens with one attached hydrogen (secondary N) is 2. The Morgan fingerprint density at radius 3 is 2.55 bits per heavy atom. The van der Waals surface area contributed by atoms with E-state index in [4.69, 9.17) is 4.98 Å². The predicted octanol–water partition coefficient (Wildman–Crippen LogP) is 2.62. The van der Waals surface area contributed by atoms with E-state index in [1.54, 1.807) is 23.2 Å². The first-order valence-electron chi connectivity index (χ1n) is 12.9. The first-order valence-corrected chi connectivity index (χ1v) is 12.9. The first kappa shape index (κ1) is 23.9. The topological polar surface area (TPSA) is 111 Å². The molecule has 0 radical (unpaired) electrons. The van der Waals surface area contributed by atoms with Crippen molar-refractivity contribution in [3.05, 3.63) is 71.4 Å². The van der Waals surface area contributed by atoms with Gasteiger partial charge in [-0.1, -0.05) is 18.2 Å². The summed E-state index contributed by atoms with van der Waals surface area (Å²) in [6.45, 7) is 5.80. The fourth-order valence-corrected chi connectivity index (χ4v) is 5.40. The van der Waals surface area contributed by atoms with Crippen LogP contribution in [0.3, 0.4) is 0 Å². The molecular weight excluding hydrogens is 482 g/mol. The molecule has 4 heterocycles. The minimum absolute atomic E-state index is 0.201. The van der Waals surface area contributed by atoms with E-state index in [1.165, 1.54) is 11.3 Å². The van der Waals surface area contributed by atoms with Gasteiger partial charge in [0.05, 0.1) is 0 Å². The van der Waals surface area contributed by atoms with Crippen LogP contribution in [0.2, 0.25) is 0 Å². The quantitative estimate of drug-likeness (QED) is 0.503. The second kappa shape index (κ2) is 9.77. The molecule has 10 nitrogen and oxygen atoms in total. The van der Waals surface area contributed by atoms with Crippen LogP contribution >= 0.6 is 0 Å². The zero-order valence-electron chi connectivity index (χ0n) is 21.2. The second-order valence-electron chi connectivity index (χ2n) is 9.91.